The maximum atomic E-state index is 13.4. The smallest absolute Gasteiger partial charge is 0.301 e. The van der Waals surface area contributed by atoms with Gasteiger partial charge in [-0.05, 0) is 56.5 Å². The van der Waals surface area contributed by atoms with Crippen LogP contribution in [0.2, 0.25) is 0 Å². The van der Waals surface area contributed by atoms with Gasteiger partial charge in [0.1, 0.15) is 11.5 Å². The van der Waals surface area contributed by atoms with Crippen LogP contribution in [-0.2, 0) is 9.59 Å². The monoisotopic (exact) mass is 504 g/mol. The molecule has 1 fully saturated rings. The molecule has 0 radical (unpaired) electrons. The van der Waals surface area contributed by atoms with Gasteiger partial charge in [-0.25, -0.2) is 4.98 Å². The van der Waals surface area contributed by atoms with Gasteiger partial charge in [-0.3, -0.25) is 19.3 Å². The van der Waals surface area contributed by atoms with E-state index in [0.29, 0.717) is 34.1 Å². The van der Waals surface area contributed by atoms with Crippen LogP contribution in [0.3, 0.4) is 0 Å². The van der Waals surface area contributed by atoms with Crippen LogP contribution in [0, 0.1) is 20.8 Å². The first-order valence-electron chi connectivity index (χ1n) is 11.7. The first kappa shape index (κ1) is 25.3. The standard InChI is InChI=1S/C28H28N2O5S/c1-6-13-35-20-11-9-19(10-12-20)23-22(24(32)21-14-15(2)7-8-16(21)3)25(33)27(34)30(23)28-29-17(4)26(36-28)18(5)31/h7-12,14,23,32H,6,13H2,1-5H3. The minimum Gasteiger partial charge on any atom is -0.507 e. The molecule has 1 N–H and O–H groups in total. The summed E-state index contributed by atoms with van der Waals surface area (Å²) in [5, 5.41) is 11.6. The SMILES string of the molecule is CCCOc1ccc(C2C(=C(O)c3cc(C)ccc3C)C(=O)C(=O)N2c2nc(C)c(C(C)=O)s2)cc1. The van der Waals surface area contributed by atoms with Crippen LogP contribution in [0.25, 0.3) is 5.76 Å². The highest BCUT2D eigenvalue weighted by molar-refractivity contribution is 7.18. The number of Topliss-reactive ketones (excluding diaryl/α,β-unsaturated/α-hetero) is 2. The number of carbonyl (C=O) groups is 3. The quantitative estimate of drug-likeness (QED) is 0.192. The Hall–Kier alpha value is -3.78. The van der Waals surface area contributed by atoms with Gasteiger partial charge in [0.2, 0.25) is 0 Å². The number of aromatic nitrogens is 1. The molecule has 0 bridgehead atoms. The van der Waals surface area contributed by atoms with E-state index in [1.165, 1.54) is 11.8 Å². The zero-order valence-corrected chi connectivity index (χ0v) is 21.7. The Morgan fingerprint density at radius 2 is 1.81 bits per heavy atom. The van der Waals surface area contributed by atoms with Crippen molar-refractivity contribution in [2.24, 2.45) is 0 Å². The fourth-order valence-electron chi connectivity index (χ4n) is 4.26. The number of benzene rings is 2. The van der Waals surface area contributed by atoms with Crippen LogP contribution in [0.1, 0.15) is 63.9 Å². The van der Waals surface area contributed by atoms with E-state index in [1.807, 2.05) is 32.9 Å². The van der Waals surface area contributed by atoms with E-state index in [1.54, 1.807) is 37.3 Å². The molecule has 3 aromatic rings. The van der Waals surface area contributed by atoms with Gasteiger partial charge in [0.25, 0.3) is 5.78 Å². The van der Waals surface area contributed by atoms with E-state index in [-0.39, 0.29) is 22.2 Å². The fraction of sp³-hybridized carbons (Fsp3) is 0.286. The highest BCUT2D eigenvalue weighted by Gasteiger charge is 2.48. The molecule has 1 aromatic heterocycles. The van der Waals surface area contributed by atoms with Crippen LogP contribution in [0.15, 0.2) is 48.0 Å². The van der Waals surface area contributed by atoms with E-state index in [4.69, 9.17) is 4.74 Å². The molecule has 0 spiro atoms. The summed E-state index contributed by atoms with van der Waals surface area (Å²) in [7, 11) is 0. The molecule has 1 aliphatic heterocycles. The molecular formula is C28H28N2O5S. The summed E-state index contributed by atoms with van der Waals surface area (Å²) in [6.45, 7) is 9.44. The molecule has 186 valence electrons. The van der Waals surface area contributed by atoms with E-state index >= 15 is 0 Å². The molecule has 36 heavy (non-hydrogen) atoms. The second kappa shape index (κ2) is 10.1. The summed E-state index contributed by atoms with van der Waals surface area (Å²) >= 11 is 1.06. The van der Waals surface area contributed by atoms with Gasteiger partial charge >= 0.3 is 5.91 Å². The Labute approximate surface area is 214 Å². The van der Waals surface area contributed by atoms with Crippen LogP contribution in [-0.4, -0.2) is 34.2 Å². The molecule has 1 saturated heterocycles. The van der Waals surface area contributed by atoms with Crippen molar-refractivity contribution in [1.82, 2.24) is 4.98 Å². The molecule has 7 nitrogen and oxygen atoms in total. The van der Waals surface area contributed by atoms with E-state index < -0.39 is 17.7 Å². The number of carbonyl (C=O) groups excluding carboxylic acids is 3. The molecule has 8 heteroatoms. The van der Waals surface area contributed by atoms with Crippen LogP contribution >= 0.6 is 11.3 Å². The third-order valence-corrected chi connectivity index (χ3v) is 7.33. The summed E-state index contributed by atoms with van der Waals surface area (Å²) in [5.41, 5.74) is 3.25. The molecule has 4 rings (SSSR count). The van der Waals surface area contributed by atoms with E-state index in [2.05, 4.69) is 4.98 Å². The van der Waals surface area contributed by atoms with Crippen LogP contribution in [0.4, 0.5) is 5.13 Å². The summed E-state index contributed by atoms with van der Waals surface area (Å²) in [6, 6.07) is 11.7. The van der Waals surface area contributed by atoms with Crippen molar-refractivity contribution in [3.05, 3.63) is 80.9 Å². The second-order valence-corrected chi connectivity index (χ2v) is 9.85. The number of aliphatic hydroxyl groups excluding tert-OH is 1. The van der Waals surface area contributed by atoms with Gasteiger partial charge in [0, 0.05) is 12.5 Å². The van der Waals surface area contributed by atoms with Crippen molar-refractivity contribution in [3.8, 4) is 5.75 Å². The van der Waals surface area contributed by atoms with Gasteiger partial charge in [-0.15, -0.1) is 0 Å². The first-order chi connectivity index (χ1) is 17.1. The molecule has 1 atom stereocenters. The topological polar surface area (TPSA) is 96.8 Å². The van der Waals surface area contributed by atoms with Gasteiger partial charge in [0.05, 0.1) is 28.8 Å². The van der Waals surface area contributed by atoms with Gasteiger partial charge in [-0.2, -0.15) is 0 Å². The molecule has 1 amide bonds. The van der Waals surface area contributed by atoms with Crippen molar-refractivity contribution in [2.45, 2.75) is 47.1 Å². The lowest BCUT2D eigenvalue weighted by molar-refractivity contribution is -0.132. The summed E-state index contributed by atoms with van der Waals surface area (Å²) in [5.74, 6) is -1.36. The molecule has 0 saturated carbocycles. The third kappa shape index (κ3) is 4.56. The molecule has 2 aromatic carbocycles. The number of anilines is 1. The number of rotatable bonds is 7. The number of ketones is 2. The Morgan fingerprint density at radius 3 is 2.42 bits per heavy atom. The lowest BCUT2D eigenvalue weighted by Crippen LogP contribution is -2.29. The lowest BCUT2D eigenvalue weighted by atomic mass is 9.93. The third-order valence-electron chi connectivity index (χ3n) is 6.07. The number of hydrogen-bond acceptors (Lipinski definition) is 7. The van der Waals surface area contributed by atoms with Crippen LogP contribution < -0.4 is 9.64 Å². The number of aliphatic hydroxyl groups is 1. The molecule has 1 unspecified atom stereocenters. The number of aryl methyl sites for hydroxylation is 3. The Balaban J connectivity index is 1.92. The molecule has 0 aliphatic carbocycles. The zero-order valence-electron chi connectivity index (χ0n) is 20.9. The minimum atomic E-state index is -0.921. The molecular weight excluding hydrogens is 476 g/mol. The molecule has 2 heterocycles. The number of amides is 1. The van der Waals surface area contributed by atoms with Crippen molar-refractivity contribution < 1.29 is 24.2 Å². The van der Waals surface area contributed by atoms with Crippen LogP contribution in [0.5, 0.6) is 5.75 Å². The van der Waals surface area contributed by atoms with Gasteiger partial charge in [0.15, 0.2) is 10.9 Å². The average Bonchev–Trinajstić information content (AvgIpc) is 3.36. The Morgan fingerprint density at radius 1 is 1.11 bits per heavy atom. The highest BCUT2D eigenvalue weighted by atomic mass is 32.1. The van der Waals surface area contributed by atoms with Crippen molar-refractivity contribution in [3.63, 3.8) is 0 Å². The maximum Gasteiger partial charge on any atom is 0.301 e. The Bertz CT molecular complexity index is 1390. The Kier molecular flexibility index (Phi) is 7.08. The summed E-state index contributed by atoms with van der Waals surface area (Å²) < 4.78 is 5.69. The lowest BCUT2D eigenvalue weighted by Gasteiger charge is -2.23. The highest BCUT2D eigenvalue weighted by Crippen LogP contribution is 2.44. The zero-order chi connectivity index (χ0) is 26.1. The van der Waals surface area contributed by atoms with Crippen molar-refractivity contribution in [2.75, 3.05) is 11.5 Å². The van der Waals surface area contributed by atoms with Crippen molar-refractivity contribution >= 4 is 39.7 Å². The predicted octanol–water partition coefficient (Wildman–Crippen LogP) is 5.69. The average molecular weight is 505 g/mol. The van der Waals surface area contributed by atoms with Gasteiger partial charge < -0.3 is 9.84 Å². The second-order valence-electron chi connectivity index (χ2n) is 8.87. The fourth-order valence-corrected chi connectivity index (χ4v) is 5.25. The predicted molar refractivity (Wildman–Crippen MR) is 140 cm³/mol. The number of thiazole rings is 1. The molecule has 1 aliphatic rings. The van der Waals surface area contributed by atoms with E-state index in [0.717, 1.165) is 28.9 Å². The summed E-state index contributed by atoms with van der Waals surface area (Å²) in [4.78, 5) is 45.0. The van der Waals surface area contributed by atoms with E-state index in [9.17, 15) is 19.5 Å². The first-order valence-corrected chi connectivity index (χ1v) is 12.6. The largest absolute Gasteiger partial charge is 0.507 e. The number of ether oxygens (including phenoxy) is 1. The number of hydrogen-bond donors (Lipinski definition) is 1. The number of nitrogens with zero attached hydrogens (tertiary/aromatic N) is 2. The summed E-state index contributed by atoms with van der Waals surface area (Å²) in [6.07, 6.45) is 0.861. The van der Waals surface area contributed by atoms with Crippen molar-refractivity contribution in [1.29, 1.82) is 0 Å². The minimum absolute atomic E-state index is 0.0202. The maximum absolute atomic E-state index is 13.4. The normalized spacial score (nSPS) is 17.0. The van der Waals surface area contributed by atoms with Gasteiger partial charge in [-0.1, -0.05) is 48.1 Å².